The van der Waals surface area contributed by atoms with E-state index in [4.69, 9.17) is 0 Å². The number of hydrogen-bond acceptors (Lipinski definition) is 3. The van der Waals surface area contributed by atoms with Gasteiger partial charge in [-0.3, -0.25) is 14.4 Å². The largest absolute Gasteiger partial charge is 0.341 e. The van der Waals surface area contributed by atoms with Crippen LogP contribution in [0.15, 0.2) is 48.5 Å². The van der Waals surface area contributed by atoms with E-state index in [1.807, 2.05) is 19.1 Å². The van der Waals surface area contributed by atoms with Gasteiger partial charge in [-0.15, -0.1) is 0 Å². The van der Waals surface area contributed by atoms with E-state index < -0.39 is 5.82 Å². The standard InChI is InChI=1S/C23H25FN2O3/c1-17-7-9-18(10-8-17)21(27)11-12-22(28)25-13-4-14-26(16-15-25)23(29)19-5-2-3-6-20(19)24/h2-3,5-10H,4,11-16H2,1H3. The number of aryl methyl sites for hydroxylation is 1. The van der Waals surface area contributed by atoms with Crippen molar-refractivity contribution in [2.24, 2.45) is 0 Å². The second-order valence-corrected chi connectivity index (χ2v) is 7.30. The average Bonchev–Trinajstić information content (AvgIpc) is 2.98. The molecule has 3 rings (SSSR count). The fraction of sp³-hybridized carbons (Fsp3) is 0.348. The second kappa shape index (κ2) is 9.45. The highest BCUT2D eigenvalue weighted by Gasteiger charge is 2.24. The highest BCUT2D eigenvalue weighted by atomic mass is 19.1. The van der Waals surface area contributed by atoms with Gasteiger partial charge >= 0.3 is 0 Å². The fourth-order valence-electron chi connectivity index (χ4n) is 3.44. The van der Waals surface area contributed by atoms with Crippen molar-refractivity contribution in [1.29, 1.82) is 0 Å². The van der Waals surface area contributed by atoms with Crippen LogP contribution in [0.25, 0.3) is 0 Å². The maximum Gasteiger partial charge on any atom is 0.256 e. The van der Waals surface area contributed by atoms with Gasteiger partial charge in [0.25, 0.3) is 5.91 Å². The predicted octanol–water partition coefficient (Wildman–Crippen LogP) is 3.47. The highest BCUT2D eigenvalue weighted by molar-refractivity contribution is 5.98. The topological polar surface area (TPSA) is 57.7 Å². The number of ketones is 1. The first-order valence-electron chi connectivity index (χ1n) is 9.87. The number of Topliss-reactive ketones (excluding diaryl/α,β-unsaturated/α-hetero) is 1. The molecule has 2 aromatic rings. The Morgan fingerprint density at radius 2 is 1.52 bits per heavy atom. The van der Waals surface area contributed by atoms with Crippen molar-refractivity contribution in [1.82, 2.24) is 9.80 Å². The number of carbonyl (C=O) groups excluding carboxylic acids is 3. The Morgan fingerprint density at radius 3 is 2.24 bits per heavy atom. The van der Waals surface area contributed by atoms with Gasteiger partial charge in [0.15, 0.2) is 5.78 Å². The molecule has 152 valence electrons. The number of amides is 2. The molecule has 1 fully saturated rings. The molecular weight excluding hydrogens is 371 g/mol. The Bertz CT molecular complexity index is 895. The summed E-state index contributed by atoms with van der Waals surface area (Å²) in [6.45, 7) is 3.69. The summed E-state index contributed by atoms with van der Waals surface area (Å²) in [6, 6.07) is 13.2. The molecule has 2 aromatic carbocycles. The molecule has 0 radical (unpaired) electrons. The predicted molar refractivity (Wildman–Crippen MR) is 108 cm³/mol. The van der Waals surface area contributed by atoms with Gasteiger partial charge in [-0.1, -0.05) is 42.0 Å². The van der Waals surface area contributed by atoms with Gasteiger partial charge in [0.05, 0.1) is 5.56 Å². The smallest absolute Gasteiger partial charge is 0.256 e. The van der Waals surface area contributed by atoms with Crippen molar-refractivity contribution in [2.45, 2.75) is 26.2 Å². The van der Waals surface area contributed by atoms with Crippen LogP contribution in [0.4, 0.5) is 4.39 Å². The summed E-state index contributed by atoms with van der Waals surface area (Å²) in [5.74, 6) is -1.04. The van der Waals surface area contributed by atoms with Crippen LogP contribution in [0.5, 0.6) is 0 Å². The van der Waals surface area contributed by atoms with Gasteiger partial charge in [-0.25, -0.2) is 4.39 Å². The van der Waals surface area contributed by atoms with E-state index in [1.165, 1.54) is 12.1 Å². The second-order valence-electron chi connectivity index (χ2n) is 7.30. The number of halogens is 1. The molecule has 1 saturated heterocycles. The van der Waals surface area contributed by atoms with E-state index in [0.717, 1.165) is 5.56 Å². The summed E-state index contributed by atoms with van der Waals surface area (Å²) < 4.78 is 13.9. The zero-order valence-electron chi connectivity index (χ0n) is 16.6. The molecule has 0 N–H and O–H groups in total. The van der Waals surface area contributed by atoms with Crippen molar-refractivity contribution >= 4 is 17.6 Å². The Hall–Kier alpha value is -3.02. The minimum Gasteiger partial charge on any atom is -0.341 e. The van der Waals surface area contributed by atoms with E-state index in [0.29, 0.717) is 38.2 Å². The van der Waals surface area contributed by atoms with E-state index >= 15 is 0 Å². The molecule has 1 heterocycles. The lowest BCUT2D eigenvalue weighted by Gasteiger charge is -2.22. The molecule has 0 bridgehead atoms. The fourth-order valence-corrected chi connectivity index (χ4v) is 3.44. The summed E-state index contributed by atoms with van der Waals surface area (Å²) in [4.78, 5) is 40.7. The molecule has 0 unspecified atom stereocenters. The first-order chi connectivity index (χ1) is 14.0. The Kier molecular flexibility index (Phi) is 6.75. The molecule has 1 aliphatic heterocycles. The number of hydrogen-bond donors (Lipinski definition) is 0. The van der Waals surface area contributed by atoms with Crippen molar-refractivity contribution < 1.29 is 18.8 Å². The monoisotopic (exact) mass is 396 g/mol. The Labute approximate surface area is 170 Å². The van der Waals surface area contributed by atoms with Crippen LogP contribution < -0.4 is 0 Å². The van der Waals surface area contributed by atoms with Gasteiger partial charge in [-0.05, 0) is 25.5 Å². The van der Waals surface area contributed by atoms with E-state index in [-0.39, 0.29) is 36.0 Å². The number of carbonyl (C=O) groups is 3. The van der Waals surface area contributed by atoms with Crippen molar-refractivity contribution in [3.05, 3.63) is 71.0 Å². The van der Waals surface area contributed by atoms with Gasteiger partial charge in [-0.2, -0.15) is 0 Å². The van der Waals surface area contributed by atoms with E-state index in [1.54, 1.807) is 34.1 Å². The van der Waals surface area contributed by atoms with Crippen LogP contribution in [0.2, 0.25) is 0 Å². The number of rotatable bonds is 5. The molecule has 6 heteroatoms. The third kappa shape index (κ3) is 5.28. The van der Waals surface area contributed by atoms with Crippen LogP contribution >= 0.6 is 0 Å². The molecule has 5 nitrogen and oxygen atoms in total. The van der Waals surface area contributed by atoms with Crippen molar-refractivity contribution in [2.75, 3.05) is 26.2 Å². The molecule has 1 aliphatic rings. The van der Waals surface area contributed by atoms with Gasteiger partial charge in [0, 0.05) is 44.6 Å². The number of benzene rings is 2. The Morgan fingerprint density at radius 1 is 0.862 bits per heavy atom. The minimum atomic E-state index is -0.538. The van der Waals surface area contributed by atoms with Crippen LogP contribution in [-0.4, -0.2) is 53.6 Å². The summed E-state index contributed by atoms with van der Waals surface area (Å²) in [7, 11) is 0. The summed E-state index contributed by atoms with van der Waals surface area (Å²) >= 11 is 0. The van der Waals surface area contributed by atoms with Crippen molar-refractivity contribution in [3.8, 4) is 0 Å². The van der Waals surface area contributed by atoms with E-state index in [9.17, 15) is 18.8 Å². The van der Waals surface area contributed by atoms with Crippen molar-refractivity contribution in [3.63, 3.8) is 0 Å². The maximum absolute atomic E-state index is 13.9. The average molecular weight is 396 g/mol. The lowest BCUT2D eigenvalue weighted by molar-refractivity contribution is -0.131. The van der Waals surface area contributed by atoms with Gasteiger partial charge in [0.1, 0.15) is 5.82 Å². The summed E-state index contributed by atoms with van der Waals surface area (Å²) in [5, 5.41) is 0. The third-order valence-corrected chi connectivity index (χ3v) is 5.18. The minimum absolute atomic E-state index is 0.0514. The molecular formula is C23H25FN2O3. The van der Waals surface area contributed by atoms with E-state index in [2.05, 4.69) is 0 Å². The molecule has 0 saturated carbocycles. The van der Waals surface area contributed by atoms with Crippen LogP contribution in [0, 0.1) is 12.7 Å². The number of nitrogens with zero attached hydrogens (tertiary/aromatic N) is 2. The lowest BCUT2D eigenvalue weighted by Crippen LogP contribution is -2.37. The normalized spacial score (nSPS) is 14.4. The zero-order chi connectivity index (χ0) is 20.8. The quantitative estimate of drug-likeness (QED) is 0.727. The van der Waals surface area contributed by atoms with Crippen LogP contribution in [-0.2, 0) is 4.79 Å². The molecule has 0 aliphatic carbocycles. The third-order valence-electron chi connectivity index (χ3n) is 5.18. The molecule has 0 aromatic heterocycles. The summed E-state index contributed by atoms with van der Waals surface area (Å²) in [5.41, 5.74) is 1.74. The Balaban J connectivity index is 1.53. The molecule has 29 heavy (non-hydrogen) atoms. The van der Waals surface area contributed by atoms with Gasteiger partial charge < -0.3 is 9.80 Å². The maximum atomic E-state index is 13.9. The summed E-state index contributed by atoms with van der Waals surface area (Å²) in [6.07, 6.45) is 0.933. The zero-order valence-corrected chi connectivity index (χ0v) is 16.6. The lowest BCUT2D eigenvalue weighted by atomic mass is 10.0. The molecule has 2 amide bonds. The first-order valence-corrected chi connectivity index (χ1v) is 9.87. The molecule has 0 spiro atoms. The SMILES string of the molecule is Cc1ccc(C(=O)CCC(=O)N2CCCN(C(=O)c3ccccc3F)CC2)cc1. The van der Waals surface area contributed by atoms with Gasteiger partial charge in [0.2, 0.25) is 5.91 Å². The van der Waals surface area contributed by atoms with Crippen LogP contribution in [0.3, 0.4) is 0 Å². The first kappa shape index (κ1) is 20.7. The highest BCUT2D eigenvalue weighted by Crippen LogP contribution is 2.14. The molecule has 0 atom stereocenters. The van der Waals surface area contributed by atoms with Crippen LogP contribution in [0.1, 0.15) is 45.5 Å².